The fourth-order valence-electron chi connectivity index (χ4n) is 2.11. The number of piperidine rings is 1. The van der Waals surface area contributed by atoms with Crippen LogP contribution in [-0.2, 0) is 10.0 Å². The van der Waals surface area contributed by atoms with Crippen LogP contribution in [0.25, 0.3) is 0 Å². The van der Waals surface area contributed by atoms with Gasteiger partial charge < -0.3 is 5.32 Å². The van der Waals surface area contributed by atoms with Gasteiger partial charge in [-0.1, -0.05) is 0 Å². The van der Waals surface area contributed by atoms with Crippen molar-refractivity contribution in [1.29, 1.82) is 0 Å². The summed E-state index contributed by atoms with van der Waals surface area (Å²) in [5.41, 5.74) is 0. The Kier molecular flexibility index (Phi) is 4.66. The highest BCUT2D eigenvalue weighted by atomic mass is 32.2. The molecule has 0 aromatic heterocycles. The van der Waals surface area contributed by atoms with E-state index in [1.165, 1.54) is 0 Å². The lowest BCUT2D eigenvalue weighted by Gasteiger charge is -2.22. The van der Waals surface area contributed by atoms with Crippen LogP contribution in [0.2, 0.25) is 0 Å². The lowest BCUT2D eigenvalue weighted by atomic mass is 9.99. The molecule has 1 aliphatic rings. The van der Waals surface area contributed by atoms with Crippen LogP contribution in [0.5, 0.6) is 0 Å². The number of sulfonamides is 1. The molecule has 4 nitrogen and oxygen atoms in total. The molecule has 1 aromatic rings. The first-order chi connectivity index (χ1) is 9.42. The van der Waals surface area contributed by atoms with Crippen LogP contribution in [0.1, 0.15) is 12.8 Å². The molecule has 0 spiro atoms. The molecule has 1 heterocycles. The zero-order valence-electron chi connectivity index (χ0n) is 10.6. The highest BCUT2D eigenvalue weighted by Gasteiger charge is 2.25. The number of rotatable bonds is 4. The van der Waals surface area contributed by atoms with Crippen molar-refractivity contribution in [3.8, 4) is 0 Å². The average Bonchev–Trinajstić information content (AvgIpc) is 2.44. The number of hydrogen-bond acceptors (Lipinski definition) is 3. The highest BCUT2D eigenvalue weighted by Crippen LogP contribution is 2.20. The molecule has 1 fully saturated rings. The number of hydrogen-bond donors (Lipinski definition) is 2. The molecule has 1 aliphatic heterocycles. The van der Waals surface area contributed by atoms with Crippen LogP contribution in [-0.4, -0.2) is 28.1 Å². The molecule has 0 atom stereocenters. The van der Waals surface area contributed by atoms with Gasteiger partial charge in [0.15, 0.2) is 17.5 Å². The van der Waals surface area contributed by atoms with E-state index in [9.17, 15) is 21.6 Å². The van der Waals surface area contributed by atoms with E-state index in [2.05, 4.69) is 10.0 Å². The third-order valence-corrected chi connectivity index (χ3v) is 4.75. The van der Waals surface area contributed by atoms with Gasteiger partial charge in [-0.3, -0.25) is 0 Å². The Labute approximate surface area is 115 Å². The molecule has 8 heteroatoms. The molecule has 0 radical (unpaired) electrons. The summed E-state index contributed by atoms with van der Waals surface area (Å²) in [5, 5.41) is 3.14. The summed E-state index contributed by atoms with van der Waals surface area (Å²) in [6.07, 6.45) is 1.62. The highest BCUT2D eigenvalue weighted by molar-refractivity contribution is 7.89. The van der Waals surface area contributed by atoms with Crippen LogP contribution in [0.15, 0.2) is 17.0 Å². The smallest absolute Gasteiger partial charge is 0.243 e. The van der Waals surface area contributed by atoms with Gasteiger partial charge in [0.25, 0.3) is 0 Å². The number of benzene rings is 1. The van der Waals surface area contributed by atoms with Gasteiger partial charge in [0, 0.05) is 6.54 Å². The SMILES string of the molecule is O=S(=O)(NCC1CCNCC1)c1ccc(F)c(F)c1F. The first-order valence-electron chi connectivity index (χ1n) is 6.25. The second kappa shape index (κ2) is 6.11. The van der Waals surface area contributed by atoms with E-state index in [1.54, 1.807) is 0 Å². The van der Waals surface area contributed by atoms with Gasteiger partial charge >= 0.3 is 0 Å². The van der Waals surface area contributed by atoms with Crippen molar-refractivity contribution >= 4 is 10.0 Å². The zero-order chi connectivity index (χ0) is 14.8. The Bertz CT molecular complexity index is 587. The van der Waals surface area contributed by atoms with E-state index in [1.807, 2.05) is 0 Å². The summed E-state index contributed by atoms with van der Waals surface area (Å²) in [6.45, 7) is 1.75. The van der Waals surface area contributed by atoms with Gasteiger partial charge in [0.2, 0.25) is 10.0 Å². The van der Waals surface area contributed by atoms with E-state index in [-0.39, 0.29) is 12.5 Å². The summed E-state index contributed by atoms with van der Waals surface area (Å²) >= 11 is 0. The maximum absolute atomic E-state index is 13.5. The van der Waals surface area contributed by atoms with Crippen LogP contribution in [0.3, 0.4) is 0 Å². The molecule has 2 rings (SSSR count). The largest absolute Gasteiger partial charge is 0.317 e. The van der Waals surface area contributed by atoms with Crippen LogP contribution in [0, 0.1) is 23.4 Å². The molecule has 2 N–H and O–H groups in total. The molecule has 0 bridgehead atoms. The minimum absolute atomic E-state index is 0.152. The number of halogens is 3. The van der Waals surface area contributed by atoms with Crippen molar-refractivity contribution in [3.63, 3.8) is 0 Å². The van der Waals surface area contributed by atoms with Gasteiger partial charge in [-0.15, -0.1) is 0 Å². The van der Waals surface area contributed by atoms with Crippen LogP contribution >= 0.6 is 0 Å². The van der Waals surface area contributed by atoms with Crippen molar-refractivity contribution in [2.24, 2.45) is 5.92 Å². The number of nitrogens with one attached hydrogen (secondary N) is 2. The molecule has 112 valence electrons. The summed E-state index contributed by atoms with van der Waals surface area (Å²) in [5.74, 6) is -4.74. The Morgan fingerprint density at radius 1 is 1.15 bits per heavy atom. The lowest BCUT2D eigenvalue weighted by molar-refractivity contribution is 0.372. The molecule has 0 aliphatic carbocycles. The Morgan fingerprint density at radius 3 is 2.45 bits per heavy atom. The second-order valence-electron chi connectivity index (χ2n) is 4.72. The molecular weight excluding hydrogens is 293 g/mol. The standard InChI is InChI=1S/C12H15F3N2O2S/c13-9-1-2-10(12(15)11(9)14)20(18,19)17-7-8-3-5-16-6-4-8/h1-2,8,16-17H,3-7H2. The fourth-order valence-corrected chi connectivity index (χ4v) is 3.29. The van der Waals surface area contributed by atoms with Gasteiger partial charge in [0.05, 0.1) is 0 Å². The Hall–Kier alpha value is -1.12. The molecule has 0 amide bonds. The minimum Gasteiger partial charge on any atom is -0.317 e. The van der Waals surface area contributed by atoms with Crippen molar-refractivity contribution in [2.45, 2.75) is 17.7 Å². The van der Waals surface area contributed by atoms with E-state index in [0.717, 1.165) is 32.0 Å². The van der Waals surface area contributed by atoms with Crippen LogP contribution in [0.4, 0.5) is 13.2 Å². The van der Waals surface area contributed by atoms with E-state index in [0.29, 0.717) is 6.07 Å². The monoisotopic (exact) mass is 308 g/mol. The molecule has 1 aromatic carbocycles. The summed E-state index contributed by atoms with van der Waals surface area (Å²) < 4.78 is 65.4. The minimum atomic E-state index is -4.18. The zero-order valence-corrected chi connectivity index (χ0v) is 11.4. The van der Waals surface area contributed by atoms with Gasteiger partial charge in [-0.25, -0.2) is 26.3 Å². The average molecular weight is 308 g/mol. The predicted molar refractivity (Wildman–Crippen MR) is 67.1 cm³/mol. The second-order valence-corrected chi connectivity index (χ2v) is 6.45. The first kappa shape index (κ1) is 15.3. The van der Waals surface area contributed by atoms with E-state index < -0.39 is 32.4 Å². The third kappa shape index (κ3) is 3.31. The quantitative estimate of drug-likeness (QED) is 0.826. The van der Waals surface area contributed by atoms with E-state index >= 15 is 0 Å². The Morgan fingerprint density at radius 2 is 1.80 bits per heavy atom. The maximum Gasteiger partial charge on any atom is 0.243 e. The fraction of sp³-hybridized carbons (Fsp3) is 0.500. The van der Waals surface area contributed by atoms with E-state index in [4.69, 9.17) is 0 Å². The summed E-state index contributed by atoms with van der Waals surface area (Å²) in [7, 11) is -4.18. The van der Waals surface area contributed by atoms with Crippen molar-refractivity contribution < 1.29 is 21.6 Å². The molecular formula is C12H15F3N2O2S. The van der Waals surface area contributed by atoms with Gasteiger partial charge in [-0.2, -0.15) is 0 Å². The maximum atomic E-state index is 13.5. The molecule has 1 saturated heterocycles. The molecule has 0 unspecified atom stereocenters. The van der Waals surface area contributed by atoms with Crippen molar-refractivity contribution in [3.05, 3.63) is 29.6 Å². The van der Waals surface area contributed by atoms with Gasteiger partial charge in [-0.05, 0) is 44.0 Å². The van der Waals surface area contributed by atoms with Crippen molar-refractivity contribution in [2.75, 3.05) is 19.6 Å². The van der Waals surface area contributed by atoms with Gasteiger partial charge in [0.1, 0.15) is 4.90 Å². The molecule has 20 heavy (non-hydrogen) atoms. The Balaban J connectivity index is 2.12. The predicted octanol–water partition coefficient (Wildman–Crippen LogP) is 1.38. The first-order valence-corrected chi connectivity index (χ1v) is 7.74. The summed E-state index contributed by atoms with van der Waals surface area (Å²) in [6, 6.07) is 1.32. The molecule has 0 saturated carbocycles. The topological polar surface area (TPSA) is 58.2 Å². The third-order valence-electron chi connectivity index (χ3n) is 3.31. The lowest BCUT2D eigenvalue weighted by Crippen LogP contribution is -2.36. The summed E-state index contributed by atoms with van der Waals surface area (Å²) in [4.78, 5) is -0.870. The van der Waals surface area contributed by atoms with Crippen LogP contribution < -0.4 is 10.0 Å². The normalized spacial score (nSPS) is 17.4. The van der Waals surface area contributed by atoms with Crippen molar-refractivity contribution in [1.82, 2.24) is 10.0 Å².